The maximum atomic E-state index is 11.2. The molecule has 0 amide bonds. The summed E-state index contributed by atoms with van der Waals surface area (Å²) in [6.45, 7) is 2.43. The first-order chi connectivity index (χ1) is 10.1. The summed E-state index contributed by atoms with van der Waals surface area (Å²) in [5.74, 6) is 0.991. The third-order valence-electron chi connectivity index (χ3n) is 4.34. The molecule has 1 atom stereocenters. The van der Waals surface area contributed by atoms with Crippen LogP contribution in [0.15, 0.2) is 12.3 Å². The van der Waals surface area contributed by atoms with Gasteiger partial charge in [-0.3, -0.25) is 10.1 Å². The number of anilines is 1. The Morgan fingerprint density at radius 2 is 2.14 bits per heavy atom. The van der Waals surface area contributed by atoms with Gasteiger partial charge in [0.05, 0.1) is 16.0 Å². The van der Waals surface area contributed by atoms with Crippen LogP contribution in [0.2, 0.25) is 5.02 Å². The van der Waals surface area contributed by atoms with E-state index >= 15 is 0 Å². The summed E-state index contributed by atoms with van der Waals surface area (Å²) >= 11 is 5.81. The van der Waals surface area contributed by atoms with Crippen molar-refractivity contribution in [1.82, 2.24) is 4.98 Å². The minimum Gasteiger partial charge on any atom is -0.378 e. The summed E-state index contributed by atoms with van der Waals surface area (Å²) < 4.78 is 5.75. The fourth-order valence-corrected chi connectivity index (χ4v) is 3.41. The van der Waals surface area contributed by atoms with E-state index in [1.807, 2.05) is 4.90 Å². The Hall–Kier alpha value is -1.40. The van der Waals surface area contributed by atoms with Crippen molar-refractivity contribution in [3.8, 4) is 0 Å². The van der Waals surface area contributed by atoms with Crippen molar-refractivity contribution in [2.45, 2.75) is 31.8 Å². The van der Waals surface area contributed by atoms with Gasteiger partial charge in [-0.05, 0) is 31.6 Å². The number of piperidine rings is 1. The summed E-state index contributed by atoms with van der Waals surface area (Å²) in [4.78, 5) is 16.9. The Balaban J connectivity index is 1.70. The lowest BCUT2D eigenvalue weighted by atomic mass is 9.90. The van der Waals surface area contributed by atoms with Gasteiger partial charge in [-0.25, -0.2) is 4.98 Å². The molecule has 0 aromatic carbocycles. The van der Waals surface area contributed by atoms with E-state index in [4.69, 9.17) is 16.3 Å². The maximum absolute atomic E-state index is 11.2. The van der Waals surface area contributed by atoms with Crippen LogP contribution < -0.4 is 4.90 Å². The SMILES string of the molecule is O=[N+]([O-])c1cc(Cl)cnc1N1CCC(C2CCCO2)CC1. The van der Waals surface area contributed by atoms with Crippen LogP contribution >= 0.6 is 11.6 Å². The quantitative estimate of drug-likeness (QED) is 0.634. The zero-order chi connectivity index (χ0) is 14.8. The number of aromatic nitrogens is 1. The van der Waals surface area contributed by atoms with Crippen LogP contribution in [0.5, 0.6) is 0 Å². The van der Waals surface area contributed by atoms with Crippen molar-refractivity contribution in [3.63, 3.8) is 0 Å². The lowest BCUT2D eigenvalue weighted by Crippen LogP contribution is -2.38. The molecule has 2 fully saturated rings. The molecule has 1 aromatic heterocycles. The van der Waals surface area contributed by atoms with E-state index in [-0.39, 0.29) is 5.69 Å². The number of halogens is 1. The molecule has 2 aliphatic rings. The third kappa shape index (κ3) is 3.11. The van der Waals surface area contributed by atoms with E-state index in [9.17, 15) is 10.1 Å². The monoisotopic (exact) mass is 311 g/mol. The first kappa shape index (κ1) is 14.5. The molecule has 0 N–H and O–H groups in total. The van der Waals surface area contributed by atoms with Gasteiger partial charge in [0.25, 0.3) is 0 Å². The van der Waals surface area contributed by atoms with Gasteiger partial charge in [0.2, 0.25) is 5.82 Å². The average molecular weight is 312 g/mol. The summed E-state index contributed by atoms with van der Waals surface area (Å²) in [6, 6.07) is 1.37. The molecule has 0 saturated carbocycles. The summed E-state index contributed by atoms with van der Waals surface area (Å²) in [6.07, 6.45) is 6.12. The topological polar surface area (TPSA) is 68.5 Å². The molecule has 1 aromatic rings. The zero-order valence-corrected chi connectivity index (χ0v) is 12.5. The van der Waals surface area contributed by atoms with E-state index in [2.05, 4.69) is 4.98 Å². The predicted octanol–water partition coefficient (Wildman–Crippen LogP) is 3.04. The van der Waals surface area contributed by atoms with Gasteiger partial charge in [-0.1, -0.05) is 11.6 Å². The molecular weight excluding hydrogens is 294 g/mol. The standard InChI is InChI=1S/C14H18ClN3O3/c15-11-8-12(18(19)20)14(16-9-11)17-5-3-10(4-6-17)13-2-1-7-21-13/h8-10,13H,1-7H2. The van der Waals surface area contributed by atoms with Crippen LogP contribution in [0.4, 0.5) is 11.5 Å². The fraction of sp³-hybridized carbons (Fsp3) is 0.643. The molecule has 3 rings (SSSR count). The fourth-order valence-electron chi connectivity index (χ4n) is 3.26. The second-order valence-electron chi connectivity index (χ2n) is 5.63. The molecule has 2 aliphatic heterocycles. The van der Waals surface area contributed by atoms with Crippen LogP contribution in [0.3, 0.4) is 0 Å². The summed E-state index contributed by atoms with van der Waals surface area (Å²) in [7, 11) is 0. The van der Waals surface area contributed by atoms with Crippen LogP contribution in [0.1, 0.15) is 25.7 Å². The highest BCUT2D eigenvalue weighted by Gasteiger charge is 2.31. The number of hydrogen-bond donors (Lipinski definition) is 0. The minimum absolute atomic E-state index is 0.0157. The average Bonchev–Trinajstić information content (AvgIpc) is 3.01. The van der Waals surface area contributed by atoms with E-state index in [0.717, 1.165) is 45.4 Å². The lowest BCUT2D eigenvalue weighted by molar-refractivity contribution is -0.384. The molecule has 3 heterocycles. The van der Waals surface area contributed by atoms with Gasteiger partial charge in [0.15, 0.2) is 0 Å². The Morgan fingerprint density at radius 3 is 2.76 bits per heavy atom. The second-order valence-corrected chi connectivity index (χ2v) is 6.07. The van der Waals surface area contributed by atoms with Crippen molar-refractivity contribution in [3.05, 3.63) is 27.4 Å². The Bertz CT molecular complexity index is 526. The minimum atomic E-state index is -0.416. The van der Waals surface area contributed by atoms with Crippen molar-refractivity contribution >= 4 is 23.1 Å². The number of rotatable bonds is 3. The molecular formula is C14H18ClN3O3. The summed E-state index contributed by atoms with van der Waals surface area (Å²) in [5, 5.41) is 11.4. The van der Waals surface area contributed by atoms with Crippen molar-refractivity contribution in [1.29, 1.82) is 0 Å². The van der Waals surface area contributed by atoms with E-state index in [1.54, 1.807) is 0 Å². The van der Waals surface area contributed by atoms with E-state index < -0.39 is 4.92 Å². The van der Waals surface area contributed by atoms with Crippen molar-refractivity contribution in [2.75, 3.05) is 24.6 Å². The Kier molecular flexibility index (Phi) is 4.26. The van der Waals surface area contributed by atoms with Gasteiger partial charge in [-0.2, -0.15) is 0 Å². The smallest absolute Gasteiger partial charge is 0.313 e. The van der Waals surface area contributed by atoms with Gasteiger partial charge in [-0.15, -0.1) is 0 Å². The van der Waals surface area contributed by atoms with E-state index in [0.29, 0.717) is 22.9 Å². The van der Waals surface area contributed by atoms with Crippen LogP contribution in [0.25, 0.3) is 0 Å². The molecule has 0 aliphatic carbocycles. The number of nitrogens with zero attached hydrogens (tertiary/aromatic N) is 3. The molecule has 0 bridgehead atoms. The van der Waals surface area contributed by atoms with Crippen molar-refractivity contribution < 1.29 is 9.66 Å². The molecule has 0 spiro atoms. The number of nitro groups is 1. The highest BCUT2D eigenvalue weighted by molar-refractivity contribution is 6.30. The lowest BCUT2D eigenvalue weighted by Gasteiger charge is -2.34. The molecule has 6 nitrogen and oxygen atoms in total. The molecule has 2 saturated heterocycles. The molecule has 21 heavy (non-hydrogen) atoms. The summed E-state index contributed by atoms with van der Waals surface area (Å²) in [5.41, 5.74) is -0.0157. The predicted molar refractivity (Wildman–Crippen MR) is 79.8 cm³/mol. The van der Waals surface area contributed by atoms with Crippen LogP contribution in [-0.4, -0.2) is 35.7 Å². The normalized spacial score (nSPS) is 23.5. The number of ether oxygens (including phenoxy) is 1. The highest BCUT2D eigenvalue weighted by Crippen LogP contribution is 2.34. The third-order valence-corrected chi connectivity index (χ3v) is 4.55. The Labute approximate surface area is 128 Å². The highest BCUT2D eigenvalue weighted by atomic mass is 35.5. The van der Waals surface area contributed by atoms with Crippen LogP contribution in [-0.2, 0) is 4.74 Å². The number of pyridine rings is 1. The molecule has 1 unspecified atom stereocenters. The number of hydrogen-bond acceptors (Lipinski definition) is 5. The zero-order valence-electron chi connectivity index (χ0n) is 11.7. The largest absolute Gasteiger partial charge is 0.378 e. The van der Waals surface area contributed by atoms with Gasteiger partial charge in [0, 0.05) is 32.0 Å². The Morgan fingerprint density at radius 1 is 1.38 bits per heavy atom. The molecule has 7 heteroatoms. The van der Waals surface area contributed by atoms with Gasteiger partial charge < -0.3 is 9.64 Å². The molecule has 0 radical (unpaired) electrons. The second kappa shape index (κ2) is 6.15. The van der Waals surface area contributed by atoms with Crippen molar-refractivity contribution in [2.24, 2.45) is 5.92 Å². The van der Waals surface area contributed by atoms with E-state index in [1.165, 1.54) is 12.3 Å². The van der Waals surface area contributed by atoms with Crippen LogP contribution in [0, 0.1) is 16.0 Å². The van der Waals surface area contributed by atoms with Gasteiger partial charge >= 0.3 is 5.69 Å². The first-order valence-electron chi connectivity index (χ1n) is 7.31. The first-order valence-corrected chi connectivity index (χ1v) is 7.69. The molecule has 114 valence electrons. The maximum Gasteiger partial charge on any atom is 0.313 e. The van der Waals surface area contributed by atoms with Gasteiger partial charge in [0.1, 0.15) is 0 Å².